The molecule has 1 unspecified atom stereocenters. The van der Waals surface area contributed by atoms with Crippen LogP contribution in [-0.2, 0) is 39.1 Å². The molecule has 0 radical (unpaired) electrons. The number of rotatable bonds is 12. The predicted octanol–water partition coefficient (Wildman–Crippen LogP) is 5.54. The molecule has 1 aliphatic heterocycles. The number of aromatic nitrogens is 1. The van der Waals surface area contributed by atoms with Crippen molar-refractivity contribution < 1.29 is 18.0 Å². The van der Waals surface area contributed by atoms with Crippen molar-refractivity contribution in [3.8, 4) is 0 Å². The molecule has 1 fully saturated rings. The summed E-state index contributed by atoms with van der Waals surface area (Å²) in [6.07, 6.45) is 5.62. The Morgan fingerprint density at radius 3 is 2.20 bits per heavy atom. The molecule has 44 heavy (non-hydrogen) atoms. The van der Waals surface area contributed by atoms with Crippen LogP contribution in [0.1, 0.15) is 47.6 Å². The van der Waals surface area contributed by atoms with E-state index in [2.05, 4.69) is 10.3 Å². The lowest BCUT2D eigenvalue weighted by atomic mass is 10.0. The van der Waals surface area contributed by atoms with E-state index in [0.717, 1.165) is 29.5 Å². The molecule has 2 amide bonds. The Hall–Kier alpha value is -4.05. The van der Waals surface area contributed by atoms with Gasteiger partial charge in [0.1, 0.15) is 6.04 Å². The lowest BCUT2D eigenvalue weighted by Crippen LogP contribution is -2.43. The van der Waals surface area contributed by atoms with Crippen LogP contribution in [0.3, 0.4) is 0 Å². The van der Waals surface area contributed by atoms with Crippen molar-refractivity contribution in [1.82, 2.24) is 19.5 Å². The largest absolute Gasteiger partial charge is 0.350 e. The molecule has 4 aromatic rings. The second-order valence-electron chi connectivity index (χ2n) is 10.8. The van der Waals surface area contributed by atoms with Crippen molar-refractivity contribution in [3.63, 3.8) is 0 Å². The molecule has 2 heterocycles. The molecular formula is C34H35ClN4O4S. The molecule has 1 aromatic heterocycles. The lowest BCUT2D eigenvalue weighted by molar-refractivity contribution is -0.141. The molecule has 0 saturated carbocycles. The molecule has 8 nitrogen and oxygen atoms in total. The predicted molar refractivity (Wildman–Crippen MR) is 170 cm³/mol. The average molecular weight is 631 g/mol. The molecule has 228 valence electrons. The van der Waals surface area contributed by atoms with E-state index in [1.807, 2.05) is 48.5 Å². The van der Waals surface area contributed by atoms with Gasteiger partial charge in [-0.05, 0) is 71.8 Å². The van der Waals surface area contributed by atoms with Gasteiger partial charge in [-0.15, -0.1) is 0 Å². The third-order valence-corrected chi connectivity index (χ3v) is 9.87. The van der Waals surface area contributed by atoms with Crippen molar-refractivity contribution in [1.29, 1.82) is 0 Å². The zero-order valence-electron chi connectivity index (χ0n) is 24.3. The van der Waals surface area contributed by atoms with Crippen LogP contribution < -0.4 is 5.32 Å². The molecule has 0 aliphatic carbocycles. The number of amides is 2. The third-order valence-electron chi connectivity index (χ3n) is 7.71. The summed E-state index contributed by atoms with van der Waals surface area (Å²) in [5.41, 5.74) is 3.20. The maximum Gasteiger partial charge on any atom is 0.247 e. The minimum absolute atomic E-state index is 0.130. The van der Waals surface area contributed by atoms with Crippen LogP contribution in [-0.4, -0.2) is 47.5 Å². The minimum Gasteiger partial charge on any atom is -0.350 e. The highest BCUT2D eigenvalue weighted by molar-refractivity contribution is 7.89. The van der Waals surface area contributed by atoms with Crippen LogP contribution in [0.4, 0.5) is 0 Å². The van der Waals surface area contributed by atoms with Crippen molar-refractivity contribution in [2.24, 2.45) is 0 Å². The van der Waals surface area contributed by atoms with Gasteiger partial charge in [0.05, 0.1) is 4.90 Å². The van der Waals surface area contributed by atoms with Gasteiger partial charge in [-0.2, -0.15) is 4.31 Å². The Kier molecular flexibility index (Phi) is 10.4. The van der Waals surface area contributed by atoms with Crippen LogP contribution in [0.25, 0.3) is 0 Å². The van der Waals surface area contributed by atoms with E-state index in [4.69, 9.17) is 11.6 Å². The minimum atomic E-state index is -3.51. The van der Waals surface area contributed by atoms with Crippen LogP contribution >= 0.6 is 11.6 Å². The van der Waals surface area contributed by atoms with Gasteiger partial charge in [-0.25, -0.2) is 8.42 Å². The molecule has 1 N–H and O–H groups in total. The quantitative estimate of drug-likeness (QED) is 0.222. The van der Waals surface area contributed by atoms with E-state index in [9.17, 15) is 18.0 Å². The highest BCUT2D eigenvalue weighted by Crippen LogP contribution is 2.26. The maximum absolute atomic E-state index is 14.0. The molecular weight excluding hydrogens is 596 g/mol. The molecule has 1 saturated heterocycles. The first-order chi connectivity index (χ1) is 21.3. The van der Waals surface area contributed by atoms with Gasteiger partial charge in [-0.1, -0.05) is 72.3 Å². The highest BCUT2D eigenvalue weighted by Gasteiger charge is 2.31. The topological polar surface area (TPSA) is 99.7 Å². The maximum atomic E-state index is 14.0. The van der Waals surface area contributed by atoms with Crippen molar-refractivity contribution in [3.05, 3.63) is 131 Å². The summed E-state index contributed by atoms with van der Waals surface area (Å²) >= 11 is 6.12. The fourth-order valence-corrected chi connectivity index (χ4v) is 6.95. The number of carbonyl (C=O) groups excluding carboxylic acids is 2. The summed E-state index contributed by atoms with van der Waals surface area (Å²) in [6, 6.07) is 26.0. The molecule has 1 atom stereocenters. The number of hydrogen-bond acceptors (Lipinski definition) is 5. The molecule has 5 rings (SSSR count). The Morgan fingerprint density at radius 1 is 0.864 bits per heavy atom. The Morgan fingerprint density at radius 2 is 1.55 bits per heavy atom. The smallest absolute Gasteiger partial charge is 0.247 e. The summed E-state index contributed by atoms with van der Waals surface area (Å²) in [4.78, 5) is 33.8. The first kappa shape index (κ1) is 31.4. The van der Waals surface area contributed by atoms with E-state index in [-0.39, 0.29) is 36.2 Å². The number of aryl methyl sites for hydroxylation is 1. The Balaban J connectivity index is 1.37. The van der Waals surface area contributed by atoms with Gasteiger partial charge in [0.15, 0.2) is 0 Å². The van der Waals surface area contributed by atoms with E-state index >= 15 is 0 Å². The van der Waals surface area contributed by atoms with Crippen LogP contribution in [0, 0.1) is 0 Å². The fraction of sp³-hybridized carbons (Fsp3) is 0.265. The normalized spacial score (nSPS) is 14.2. The van der Waals surface area contributed by atoms with E-state index < -0.39 is 16.1 Å². The number of sulfonamides is 1. The highest BCUT2D eigenvalue weighted by atomic mass is 35.5. The summed E-state index contributed by atoms with van der Waals surface area (Å²) in [5.74, 6) is -0.516. The zero-order chi connectivity index (χ0) is 30.9. The van der Waals surface area contributed by atoms with E-state index in [0.29, 0.717) is 30.1 Å². The third kappa shape index (κ3) is 7.91. The number of nitrogens with one attached hydrogen (secondary N) is 1. The first-order valence-corrected chi connectivity index (χ1v) is 16.5. The number of nitrogens with zero attached hydrogens (tertiary/aromatic N) is 3. The summed E-state index contributed by atoms with van der Waals surface area (Å²) in [6.45, 7) is 1.55. The van der Waals surface area contributed by atoms with E-state index in [1.54, 1.807) is 59.8 Å². The number of halogens is 1. The number of hydrogen-bond donors (Lipinski definition) is 1. The van der Waals surface area contributed by atoms with E-state index in [1.165, 1.54) is 4.31 Å². The average Bonchev–Trinajstić information content (AvgIpc) is 3.61. The number of carbonyl (C=O) groups is 2. The van der Waals surface area contributed by atoms with Crippen LogP contribution in [0.5, 0.6) is 0 Å². The standard InChI is InChI=1S/C34H35ClN4O4S/c35-30-15-10-27(11-16-30)25-39(33(29-8-2-1-3-9-29)34(41)37-24-28-7-6-20-36-23-28)32(40)19-14-26-12-17-31(18-13-26)44(42,43)38-21-4-5-22-38/h1-3,6-13,15-18,20,23,33H,4-5,14,19,21-22,24-25H2,(H,37,41). The van der Waals surface area contributed by atoms with Crippen molar-refractivity contribution in [2.75, 3.05) is 13.1 Å². The van der Waals surface area contributed by atoms with Gasteiger partial charge < -0.3 is 10.2 Å². The molecule has 1 aliphatic rings. The van der Waals surface area contributed by atoms with Gasteiger partial charge >= 0.3 is 0 Å². The van der Waals surface area contributed by atoms with Gasteiger partial charge in [-0.3, -0.25) is 14.6 Å². The van der Waals surface area contributed by atoms with Crippen molar-refractivity contribution >= 4 is 33.4 Å². The molecule has 3 aromatic carbocycles. The second-order valence-corrected chi connectivity index (χ2v) is 13.2. The second kappa shape index (κ2) is 14.6. The monoisotopic (exact) mass is 630 g/mol. The molecule has 0 spiro atoms. The Bertz CT molecular complexity index is 1650. The van der Waals surface area contributed by atoms with Gasteiger partial charge in [0.2, 0.25) is 21.8 Å². The first-order valence-electron chi connectivity index (χ1n) is 14.7. The molecule has 0 bridgehead atoms. The summed E-state index contributed by atoms with van der Waals surface area (Å²) in [5, 5.41) is 3.57. The van der Waals surface area contributed by atoms with Crippen LogP contribution in [0.2, 0.25) is 5.02 Å². The SMILES string of the molecule is O=C(NCc1cccnc1)C(c1ccccc1)N(Cc1ccc(Cl)cc1)C(=O)CCc1ccc(S(=O)(=O)N2CCCC2)cc1. The Labute approximate surface area is 263 Å². The fourth-order valence-electron chi connectivity index (χ4n) is 5.31. The summed E-state index contributed by atoms with van der Waals surface area (Å²) in [7, 11) is -3.51. The van der Waals surface area contributed by atoms with Crippen molar-refractivity contribution in [2.45, 2.75) is 49.7 Å². The van der Waals surface area contributed by atoms with Crippen LogP contribution in [0.15, 0.2) is 108 Å². The lowest BCUT2D eigenvalue weighted by Gasteiger charge is -2.32. The number of benzene rings is 3. The zero-order valence-corrected chi connectivity index (χ0v) is 25.9. The van der Waals surface area contributed by atoms with Gasteiger partial charge in [0.25, 0.3) is 0 Å². The van der Waals surface area contributed by atoms with Gasteiger partial charge in [0, 0.05) is 50.0 Å². The summed E-state index contributed by atoms with van der Waals surface area (Å²) < 4.78 is 27.4. The number of pyridine rings is 1. The molecule has 10 heteroatoms.